The van der Waals surface area contributed by atoms with Crippen LogP contribution in [0.2, 0.25) is 0 Å². The molecule has 0 bridgehead atoms. The van der Waals surface area contributed by atoms with E-state index in [4.69, 9.17) is 9.97 Å². The second-order valence-corrected chi connectivity index (χ2v) is 14.7. The standard InChI is InChI=1S/C52H32N2/c1-3-17-33(18-4-1)49-38-23-9-14-32-46(38)53-50(54-49)39-25-16-30-44-47(39)37-22-8-11-27-41(37)52(44)43-29-13-12-28-42(43)51(34-19-5-2-6-20-34)40-26-10-7-21-35(40)36-24-15-31-45(52)48(36)51/h1-32H. The number of hydrogen-bond acceptors (Lipinski definition) is 2. The van der Waals surface area contributed by atoms with Gasteiger partial charge in [0.2, 0.25) is 0 Å². The molecule has 2 atom stereocenters. The van der Waals surface area contributed by atoms with E-state index in [-0.39, 0.29) is 0 Å². The van der Waals surface area contributed by atoms with Crippen molar-refractivity contribution in [1.82, 2.24) is 9.97 Å². The minimum atomic E-state index is -0.566. The summed E-state index contributed by atoms with van der Waals surface area (Å²) >= 11 is 0. The smallest absolute Gasteiger partial charge is 0.161 e. The van der Waals surface area contributed by atoms with Gasteiger partial charge in [-0.3, -0.25) is 0 Å². The van der Waals surface area contributed by atoms with Gasteiger partial charge in [-0.1, -0.05) is 188 Å². The van der Waals surface area contributed by atoms with Gasteiger partial charge in [-0.25, -0.2) is 9.97 Å². The minimum absolute atomic E-state index is 0.465. The van der Waals surface area contributed by atoms with E-state index < -0.39 is 10.8 Å². The van der Waals surface area contributed by atoms with Crippen molar-refractivity contribution in [2.75, 3.05) is 0 Å². The van der Waals surface area contributed by atoms with Crippen LogP contribution in [0, 0.1) is 0 Å². The Morgan fingerprint density at radius 1 is 0.333 bits per heavy atom. The summed E-state index contributed by atoms with van der Waals surface area (Å²) in [6.07, 6.45) is 0. The number of para-hydroxylation sites is 1. The quantitative estimate of drug-likeness (QED) is 0.185. The lowest BCUT2D eigenvalue weighted by Gasteiger charge is -2.48. The third-order valence-corrected chi connectivity index (χ3v) is 12.4. The summed E-state index contributed by atoms with van der Waals surface area (Å²) in [5, 5.41) is 1.05. The third kappa shape index (κ3) is 3.55. The fourth-order valence-corrected chi connectivity index (χ4v) is 10.5. The first-order valence-corrected chi connectivity index (χ1v) is 18.8. The summed E-state index contributed by atoms with van der Waals surface area (Å²) in [5.74, 6) is 0.740. The molecular formula is C52H32N2. The monoisotopic (exact) mass is 684 g/mol. The number of aromatic nitrogens is 2. The number of benzene rings is 8. The molecule has 3 aliphatic rings. The summed E-state index contributed by atoms with van der Waals surface area (Å²) in [5.41, 5.74) is 18.7. The molecule has 0 aliphatic heterocycles. The first-order valence-electron chi connectivity index (χ1n) is 18.8. The molecule has 54 heavy (non-hydrogen) atoms. The molecule has 2 heteroatoms. The Kier molecular flexibility index (Phi) is 5.94. The molecule has 0 N–H and O–H groups in total. The van der Waals surface area contributed by atoms with Gasteiger partial charge in [0, 0.05) is 16.5 Å². The molecule has 0 saturated carbocycles. The van der Waals surface area contributed by atoms with Gasteiger partial charge in [0.15, 0.2) is 5.82 Å². The summed E-state index contributed by atoms with van der Waals surface area (Å²) in [4.78, 5) is 10.7. The average Bonchev–Trinajstić information content (AvgIpc) is 3.73. The van der Waals surface area contributed by atoms with E-state index >= 15 is 0 Å². The Bertz CT molecular complexity index is 3000. The average molecular weight is 685 g/mol. The van der Waals surface area contributed by atoms with Crippen LogP contribution in [0.15, 0.2) is 194 Å². The van der Waals surface area contributed by atoms with Gasteiger partial charge >= 0.3 is 0 Å². The van der Waals surface area contributed by atoms with E-state index in [0.29, 0.717) is 0 Å². The molecule has 2 nitrogen and oxygen atoms in total. The van der Waals surface area contributed by atoms with E-state index in [0.717, 1.165) is 33.5 Å². The molecule has 0 radical (unpaired) electrons. The first kappa shape index (κ1) is 29.7. The summed E-state index contributed by atoms with van der Waals surface area (Å²) in [7, 11) is 0. The first-order chi connectivity index (χ1) is 26.8. The van der Waals surface area contributed by atoms with Crippen LogP contribution in [0.4, 0.5) is 0 Å². The zero-order valence-electron chi connectivity index (χ0n) is 29.4. The maximum Gasteiger partial charge on any atom is 0.161 e. The SMILES string of the molecule is c1ccc(-c2nc(-c3cccc4c3-c3ccccc3C43c4ccccc4C4(c5ccccc5)c5ccccc5-c5cccc3c54)nc3ccccc23)cc1. The van der Waals surface area contributed by atoms with Crippen LogP contribution in [0.1, 0.15) is 44.5 Å². The van der Waals surface area contributed by atoms with E-state index in [1.54, 1.807) is 0 Å². The van der Waals surface area contributed by atoms with E-state index in [2.05, 4.69) is 194 Å². The van der Waals surface area contributed by atoms with Gasteiger partial charge < -0.3 is 0 Å². The molecule has 1 heterocycles. The van der Waals surface area contributed by atoms with Crippen LogP contribution >= 0.6 is 0 Å². The second kappa shape index (κ2) is 10.8. The largest absolute Gasteiger partial charge is 0.228 e. The number of fused-ring (bicyclic) bond motifs is 13. The molecule has 1 spiro atoms. The van der Waals surface area contributed by atoms with Crippen molar-refractivity contribution in [1.29, 1.82) is 0 Å². The zero-order valence-corrected chi connectivity index (χ0v) is 29.4. The Hall–Kier alpha value is -6.90. The van der Waals surface area contributed by atoms with Gasteiger partial charge in [0.25, 0.3) is 0 Å². The van der Waals surface area contributed by atoms with Crippen LogP contribution in [0.3, 0.4) is 0 Å². The number of rotatable bonds is 3. The van der Waals surface area contributed by atoms with Crippen LogP contribution in [-0.4, -0.2) is 9.97 Å². The minimum Gasteiger partial charge on any atom is -0.228 e. The summed E-state index contributed by atoms with van der Waals surface area (Å²) in [6.45, 7) is 0. The lowest BCUT2D eigenvalue weighted by atomic mass is 9.52. The van der Waals surface area contributed by atoms with Gasteiger partial charge in [0.1, 0.15) is 0 Å². The van der Waals surface area contributed by atoms with Crippen molar-refractivity contribution < 1.29 is 0 Å². The maximum absolute atomic E-state index is 5.42. The maximum atomic E-state index is 5.42. The van der Waals surface area contributed by atoms with Crippen LogP contribution in [0.5, 0.6) is 0 Å². The van der Waals surface area contributed by atoms with Crippen molar-refractivity contribution in [3.05, 3.63) is 239 Å². The molecule has 0 saturated heterocycles. The van der Waals surface area contributed by atoms with Gasteiger partial charge in [0.05, 0.1) is 22.0 Å². The van der Waals surface area contributed by atoms with E-state index in [1.807, 2.05) is 0 Å². The summed E-state index contributed by atoms with van der Waals surface area (Å²) in [6, 6.07) is 71.3. The lowest BCUT2D eigenvalue weighted by Crippen LogP contribution is -2.43. The van der Waals surface area contributed by atoms with Crippen molar-refractivity contribution in [2.45, 2.75) is 10.8 Å². The molecule has 8 aromatic carbocycles. The van der Waals surface area contributed by atoms with Crippen molar-refractivity contribution >= 4 is 10.9 Å². The molecule has 12 rings (SSSR count). The molecular weight excluding hydrogens is 653 g/mol. The van der Waals surface area contributed by atoms with Gasteiger partial charge in [-0.15, -0.1) is 0 Å². The Balaban J connectivity index is 1.22. The Labute approximate surface area is 314 Å². The summed E-state index contributed by atoms with van der Waals surface area (Å²) < 4.78 is 0. The molecule has 250 valence electrons. The van der Waals surface area contributed by atoms with Crippen LogP contribution in [0.25, 0.3) is 55.8 Å². The number of nitrogens with zero attached hydrogens (tertiary/aromatic N) is 2. The fraction of sp³-hybridized carbons (Fsp3) is 0.0385. The molecule has 1 aromatic heterocycles. The Morgan fingerprint density at radius 3 is 1.65 bits per heavy atom. The van der Waals surface area contributed by atoms with Gasteiger partial charge in [-0.05, 0) is 72.8 Å². The molecule has 0 fully saturated rings. The van der Waals surface area contributed by atoms with E-state index in [9.17, 15) is 0 Å². The van der Waals surface area contributed by atoms with Crippen molar-refractivity contribution in [3.63, 3.8) is 0 Å². The predicted molar refractivity (Wildman–Crippen MR) is 219 cm³/mol. The number of hydrogen-bond donors (Lipinski definition) is 0. The normalized spacial score (nSPS) is 18.1. The third-order valence-electron chi connectivity index (χ3n) is 12.4. The highest BCUT2D eigenvalue weighted by Crippen LogP contribution is 2.69. The van der Waals surface area contributed by atoms with Gasteiger partial charge in [-0.2, -0.15) is 0 Å². The van der Waals surface area contributed by atoms with Crippen molar-refractivity contribution in [3.8, 4) is 44.9 Å². The molecule has 2 unspecified atom stereocenters. The highest BCUT2D eigenvalue weighted by molar-refractivity contribution is 6.00. The highest BCUT2D eigenvalue weighted by atomic mass is 14.9. The Morgan fingerprint density at radius 2 is 0.870 bits per heavy atom. The van der Waals surface area contributed by atoms with Crippen LogP contribution < -0.4 is 0 Å². The van der Waals surface area contributed by atoms with Crippen molar-refractivity contribution in [2.24, 2.45) is 0 Å². The van der Waals surface area contributed by atoms with E-state index in [1.165, 1.54) is 66.8 Å². The topological polar surface area (TPSA) is 25.8 Å². The fourth-order valence-electron chi connectivity index (χ4n) is 10.5. The molecule has 9 aromatic rings. The predicted octanol–water partition coefficient (Wildman–Crippen LogP) is 12.0. The zero-order chi connectivity index (χ0) is 35.4. The molecule has 0 amide bonds. The lowest BCUT2D eigenvalue weighted by molar-refractivity contribution is 0.636. The molecule has 3 aliphatic carbocycles. The van der Waals surface area contributed by atoms with Crippen LogP contribution in [-0.2, 0) is 10.8 Å². The highest BCUT2D eigenvalue weighted by Gasteiger charge is 2.59. The second-order valence-electron chi connectivity index (χ2n) is 14.7.